The predicted octanol–water partition coefficient (Wildman–Crippen LogP) is 2.03. The Morgan fingerprint density at radius 2 is 1.88 bits per heavy atom. The number of hydrogen-bond donors (Lipinski definition) is 1. The smallest absolute Gasteiger partial charge is 0.288 e. The van der Waals surface area contributed by atoms with E-state index in [1.54, 1.807) is 18.2 Å². The summed E-state index contributed by atoms with van der Waals surface area (Å²) in [6.45, 7) is 0.0674. The van der Waals surface area contributed by atoms with Gasteiger partial charge in [-0.05, 0) is 5.56 Å². The van der Waals surface area contributed by atoms with Gasteiger partial charge in [0.1, 0.15) is 6.04 Å². The summed E-state index contributed by atoms with van der Waals surface area (Å²) in [6.07, 6.45) is -4.32. The number of carbonyl (C=O) groups is 1. The Balaban J connectivity index is 2.30. The van der Waals surface area contributed by atoms with Gasteiger partial charge in [0.25, 0.3) is 0 Å². The van der Waals surface area contributed by atoms with Crippen LogP contribution in [0.15, 0.2) is 30.3 Å². The normalized spacial score (nSPS) is 19.1. The van der Waals surface area contributed by atoms with Gasteiger partial charge in [0, 0.05) is 13.0 Å². The summed E-state index contributed by atoms with van der Waals surface area (Å²) in [5.41, 5.74) is 2.36. The first-order chi connectivity index (χ1) is 7.98. The zero-order chi connectivity index (χ0) is 12.5. The maximum atomic E-state index is 13.0. The van der Waals surface area contributed by atoms with Gasteiger partial charge in [-0.25, -0.2) is 5.01 Å². The second kappa shape index (κ2) is 4.37. The Labute approximate surface area is 96.2 Å². The van der Waals surface area contributed by atoms with E-state index in [0.717, 1.165) is 5.01 Å². The van der Waals surface area contributed by atoms with Gasteiger partial charge in [-0.3, -0.25) is 10.2 Å². The van der Waals surface area contributed by atoms with Gasteiger partial charge < -0.3 is 0 Å². The van der Waals surface area contributed by atoms with Crippen LogP contribution in [0, 0.1) is 0 Å². The number of alkyl halides is 3. The number of rotatable bonds is 2. The molecule has 1 amide bonds. The minimum absolute atomic E-state index is 0.0674. The van der Waals surface area contributed by atoms with Crippen molar-refractivity contribution in [1.29, 1.82) is 0 Å². The summed E-state index contributed by atoms with van der Waals surface area (Å²) in [4.78, 5) is 11.0. The highest BCUT2D eigenvalue weighted by Crippen LogP contribution is 2.37. The van der Waals surface area contributed by atoms with Gasteiger partial charge in [0.2, 0.25) is 5.91 Å². The zero-order valence-corrected chi connectivity index (χ0v) is 8.87. The molecule has 0 aliphatic carbocycles. The summed E-state index contributed by atoms with van der Waals surface area (Å²) in [5.74, 6) is -0.379. The lowest BCUT2D eigenvalue weighted by Crippen LogP contribution is -2.43. The monoisotopic (exact) mass is 244 g/mol. The van der Waals surface area contributed by atoms with E-state index < -0.39 is 12.2 Å². The molecule has 92 valence electrons. The van der Waals surface area contributed by atoms with Crippen molar-refractivity contribution in [2.24, 2.45) is 0 Å². The molecule has 1 heterocycles. The van der Waals surface area contributed by atoms with Crippen LogP contribution in [0.25, 0.3) is 0 Å². The lowest BCUT2D eigenvalue weighted by atomic mass is 10.1. The van der Waals surface area contributed by atoms with Crippen LogP contribution in [0.4, 0.5) is 13.2 Å². The summed E-state index contributed by atoms with van der Waals surface area (Å²) >= 11 is 0. The molecular weight excluding hydrogens is 233 g/mol. The third kappa shape index (κ3) is 2.58. The predicted molar refractivity (Wildman–Crippen MR) is 54.7 cm³/mol. The van der Waals surface area contributed by atoms with Gasteiger partial charge in [0.15, 0.2) is 0 Å². The minimum Gasteiger partial charge on any atom is -0.288 e. The fraction of sp³-hybridized carbons (Fsp3) is 0.364. The molecular formula is C11H11F3N2O. The van der Waals surface area contributed by atoms with Gasteiger partial charge >= 0.3 is 6.18 Å². The van der Waals surface area contributed by atoms with Crippen LogP contribution >= 0.6 is 0 Å². The van der Waals surface area contributed by atoms with Crippen LogP contribution in [0.1, 0.15) is 18.0 Å². The van der Waals surface area contributed by atoms with E-state index in [0.29, 0.717) is 0 Å². The topological polar surface area (TPSA) is 32.3 Å². The van der Waals surface area contributed by atoms with Crippen molar-refractivity contribution >= 4 is 5.91 Å². The number of hydrogen-bond acceptors (Lipinski definition) is 2. The molecule has 6 heteroatoms. The van der Waals surface area contributed by atoms with Crippen molar-refractivity contribution in [3.05, 3.63) is 35.9 Å². The summed E-state index contributed by atoms with van der Waals surface area (Å²) in [7, 11) is 0. The van der Waals surface area contributed by atoms with Crippen molar-refractivity contribution in [2.75, 3.05) is 6.54 Å². The summed E-state index contributed by atoms with van der Waals surface area (Å²) in [5, 5.41) is 0.942. The lowest BCUT2D eigenvalue weighted by Gasteiger charge is -2.29. The second-order valence-corrected chi connectivity index (χ2v) is 3.83. The van der Waals surface area contributed by atoms with E-state index >= 15 is 0 Å². The van der Waals surface area contributed by atoms with Crippen molar-refractivity contribution in [3.63, 3.8) is 0 Å². The third-order valence-electron chi connectivity index (χ3n) is 2.59. The first-order valence-corrected chi connectivity index (χ1v) is 5.16. The quantitative estimate of drug-likeness (QED) is 0.863. The highest BCUT2D eigenvalue weighted by Gasteiger charge is 2.46. The molecule has 1 aliphatic heterocycles. The Kier molecular flexibility index (Phi) is 3.06. The molecule has 1 atom stereocenters. The maximum Gasteiger partial charge on any atom is 0.409 e. The summed E-state index contributed by atoms with van der Waals surface area (Å²) < 4.78 is 39.0. The Morgan fingerprint density at radius 1 is 1.24 bits per heavy atom. The molecule has 1 N–H and O–H groups in total. The molecule has 17 heavy (non-hydrogen) atoms. The fourth-order valence-electron chi connectivity index (χ4n) is 1.87. The average molecular weight is 244 g/mol. The van der Waals surface area contributed by atoms with Crippen molar-refractivity contribution in [2.45, 2.75) is 18.6 Å². The number of amides is 1. The van der Waals surface area contributed by atoms with Gasteiger partial charge in [-0.15, -0.1) is 0 Å². The minimum atomic E-state index is -4.42. The number of nitrogens with one attached hydrogen (secondary N) is 1. The van der Waals surface area contributed by atoms with Crippen molar-refractivity contribution < 1.29 is 18.0 Å². The maximum absolute atomic E-state index is 13.0. The van der Waals surface area contributed by atoms with Crippen LogP contribution in [-0.4, -0.2) is 23.6 Å². The van der Waals surface area contributed by atoms with E-state index in [4.69, 9.17) is 0 Å². The molecule has 1 aromatic carbocycles. The number of benzene rings is 1. The molecule has 0 aromatic heterocycles. The first-order valence-electron chi connectivity index (χ1n) is 5.16. The molecule has 1 aromatic rings. The van der Waals surface area contributed by atoms with Crippen molar-refractivity contribution in [1.82, 2.24) is 10.4 Å². The van der Waals surface area contributed by atoms with Crippen LogP contribution in [-0.2, 0) is 4.79 Å². The van der Waals surface area contributed by atoms with Crippen LogP contribution in [0.3, 0.4) is 0 Å². The van der Waals surface area contributed by atoms with E-state index in [2.05, 4.69) is 5.43 Å². The first kappa shape index (κ1) is 11.9. The average Bonchev–Trinajstić information content (AvgIpc) is 2.64. The third-order valence-corrected chi connectivity index (χ3v) is 2.59. The van der Waals surface area contributed by atoms with Gasteiger partial charge in [-0.2, -0.15) is 13.2 Å². The number of halogens is 3. The van der Waals surface area contributed by atoms with Gasteiger partial charge in [-0.1, -0.05) is 30.3 Å². The van der Waals surface area contributed by atoms with E-state index in [1.807, 2.05) is 0 Å². The van der Waals surface area contributed by atoms with E-state index in [-0.39, 0.29) is 24.4 Å². The SMILES string of the molecule is O=C1CCN(C(c2ccccc2)C(F)(F)F)N1. The molecule has 0 spiro atoms. The standard InChI is InChI=1S/C11H11F3N2O/c12-11(13,14)10(8-4-2-1-3-5-8)16-7-6-9(17)15-16/h1-5,10H,6-7H2,(H,15,17). The molecule has 1 fully saturated rings. The molecule has 1 unspecified atom stereocenters. The van der Waals surface area contributed by atoms with Crippen LogP contribution in [0.5, 0.6) is 0 Å². The summed E-state index contributed by atoms with van der Waals surface area (Å²) in [6, 6.07) is 5.78. The molecule has 3 nitrogen and oxygen atoms in total. The second-order valence-electron chi connectivity index (χ2n) is 3.83. The highest BCUT2D eigenvalue weighted by atomic mass is 19.4. The Hall–Kier alpha value is -1.56. The van der Waals surface area contributed by atoms with E-state index in [9.17, 15) is 18.0 Å². The number of hydrazine groups is 1. The lowest BCUT2D eigenvalue weighted by molar-refractivity contribution is -0.191. The molecule has 1 saturated heterocycles. The van der Waals surface area contributed by atoms with E-state index in [1.165, 1.54) is 12.1 Å². The highest BCUT2D eigenvalue weighted by molar-refractivity contribution is 5.77. The molecule has 0 radical (unpaired) electrons. The number of nitrogens with zero attached hydrogens (tertiary/aromatic N) is 1. The molecule has 1 aliphatic rings. The largest absolute Gasteiger partial charge is 0.409 e. The van der Waals surface area contributed by atoms with Crippen LogP contribution in [0.2, 0.25) is 0 Å². The Bertz CT molecular complexity index is 405. The molecule has 0 bridgehead atoms. The molecule has 0 saturated carbocycles. The van der Waals surface area contributed by atoms with Crippen LogP contribution < -0.4 is 5.43 Å². The fourth-order valence-corrected chi connectivity index (χ4v) is 1.87. The molecule has 2 rings (SSSR count). The number of carbonyl (C=O) groups excluding carboxylic acids is 1. The van der Waals surface area contributed by atoms with Crippen molar-refractivity contribution in [3.8, 4) is 0 Å². The zero-order valence-electron chi connectivity index (χ0n) is 8.87. The Morgan fingerprint density at radius 3 is 2.35 bits per heavy atom. The van der Waals surface area contributed by atoms with Gasteiger partial charge in [0.05, 0.1) is 0 Å².